The Morgan fingerprint density at radius 2 is 1.86 bits per heavy atom. The van der Waals surface area contributed by atoms with Crippen molar-refractivity contribution in [1.82, 2.24) is 4.57 Å². The summed E-state index contributed by atoms with van der Waals surface area (Å²) in [6.45, 7) is 0.576. The number of nitriles is 1. The number of rotatable bonds is 4. The number of aromatic nitrogens is 1. The van der Waals surface area contributed by atoms with Crippen molar-refractivity contribution >= 4 is 10.9 Å². The zero-order valence-corrected chi connectivity index (χ0v) is 14.9. The molecular weight excluding hydrogens is 370 g/mol. The fraction of sp³-hybridized carbons (Fsp3) is 0.286. The number of alkyl halides is 3. The smallest absolute Gasteiger partial charge is 0.346 e. The molecule has 3 nitrogen and oxygen atoms in total. The molecule has 0 saturated heterocycles. The summed E-state index contributed by atoms with van der Waals surface area (Å²) in [6, 6.07) is 9.92. The minimum atomic E-state index is -4.60. The van der Waals surface area contributed by atoms with E-state index in [0.717, 1.165) is 18.9 Å². The van der Waals surface area contributed by atoms with E-state index in [1.54, 1.807) is 6.20 Å². The van der Waals surface area contributed by atoms with Crippen LogP contribution in [-0.2, 0) is 19.3 Å². The number of nitrogens with zero attached hydrogens (tertiary/aromatic N) is 2. The summed E-state index contributed by atoms with van der Waals surface area (Å²) in [7, 11) is 0. The number of hydrogen-bond acceptors (Lipinski definition) is 2. The maximum atomic E-state index is 14.8. The molecule has 0 spiro atoms. The van der Waals surface area contributed by atoms with Crippen LogP contribution in [0.25, 0.3) is 22.0 Å². The van der Waals surface area contributed by atoms with Crippen molar-refractivity contribution in [3.63, 3.8) is 0 Å². The standard InChI is InChI=1S/C21H17F4N3/c22-18-7-15-13(9-26)10-28(12-20(11-27)5-6-20)19(15)8-16(18)14-3-1-2-4-17(14)21(23,24)25/h1-4,7-8,10H,5-6,9,12,26H2. The highest BCUT2D eigenvalue weighted by Crippen LogP contribution is 2.47. The number of halogens is 4. The fourth-order valence-corrected chi connectivity index (χ4v) is 3.63. The molecule has 1 aliphatic carbocycles. The summed E-state index contributed by atoms with van der Waals surface area (Å²) in [6.07, 6.45) is -1.29. The van der Waals surface area contributed by atoms with Gasteiger partial charge in [0.1, 0.15) is 5.82 Å². The van der Waals surface area contributed by atoms with E-state index < -0.39 is 23.0 Å². The second-order valence-corrected chi connectivity index (χ2v) is 7.27. The van der Waals surface area contributed by atoms with E-state index in [2.05, 4.69) is 6.07 Å². The van der Waals surface area contributed by atoms with Crippen molar-refractivity contribution in [2.24, 2.45) is 11.1 Å². The maximum absolute atomic E-state index is 14.8. The fourth-order valence-electron chi connectivity index (χ4n) is 3.63. The van der Waals surface area contributed by atoms with Gasteiger partial charge < -0.3 is 10.3 Å². The molecule has 1 aliphatic rings. The van der Waals surface area contributed by atoms with Crippen LogP contribution in [0.5, 0.6) is 0 Å². The van der Waals surface area contributed by atoms with Crippen LogP contribution in [-0.4, -0.2) is 4.57 Å². The summed E-state index contributed by atoms with van der Waals surface area (Å²) in [5, 5.41) is 9.94. The zero-order chi connectivity index (χ0) is 20.1. The van der Waals surface area contributed by atoms with Gasteiger partial charge in [0.2, 0.25) is 0 Å². The van der Waals surface area contributed by atoms with Gasteiger partial charge in [-0.3, -0.25) is 0 Å². The van der Waals surface area contributed by atoms with E-state index in [9.17, 15) is 22.8 Å². The van der Waals surface area contributed by atoms with Crippen molar-refractivity contribution in [3.8, 4) is 17.2 Å². The molecule has 7 heteroatoms. The lowest BCUT2D eigenvalue weighted by molar-refractivity contribution is -0.137. The summed E-state index contributed by atoms with van der Waals surface area (Å²) in [5.41, 5.74) is 5.36. The molecule has 1 fully saturated rings. The molecule has 28 heavy (non-hydrogen) atoms. The minimum Gasteiger partial charge on any atom is -0.346 e. The predicted octanol–water partition coefficient (Wildman–Crippen LogP) is 5.23. The van der Waals surface area contributed by atoms with E-state index in [4.69, 9.17) is 5.73 Å². The predicted molar refractivity (Wildman–Crippen MR) is 97.5 cm³/mol. The van der Waals surface area contributed by atoms with Crippen LogP contribution in [0.15, 0.2) is 42.6 Å². The van der Waals surface area contributed by atoms with E-state index in [0.29, 0.717) is 23.0 Å². The Bertz CT molecular complexity index is 1100. The molecule has 2 aromatic carbocycles. The Labute approximate surface area is 159 Å². The molecule has 2 N–H and O–H groups in total. The zero-order valence-electron chi connectivity index (χ0n) is 14.9. The first-order chi connectivity index (χ1) is 13.3. The molecular formula is C21H17F4N3. The minimum absolute atomic E-state index is 0.120. The van der Waals surface area contributed by atoms with Gasteiger partial charge in [-0.25, -0.2) is 4.39 Å². The Morgan fingerprint density at radius 3 is 2.46 bits per heavy atom. The van der Waals surface area contributed by atoms with Crippen LogP contribution in [0.2, 0.25) is 0 Å². The van der Waals surface area contributed by atoms with Gasteiger partial charge in [0.05, 0.1) is 17.0 Å². The highest BCUT2D eigenvalue weighted by Gasteiger charge is 2.43. The molecule has 0 amide bonds. The topological polar surface area (TPSA) is 54.7 Å². The van der Waals surface area contributed by atoms with E-state index in [1.807, 2.05) is 4.57 Å². The largest absolute Gasteiger partial charge is 0.417 e. The summed E-state index contributed by atoms with van der Waals surface area (Å²) < 4.78 is 56.9. The van der Waals surface area contributed by atoms with Crippen LogP contribution in [0, 0.1) is 22.6 Å². The summed E-state index contributed by atoms with van der Waals surface area (Å²) in [5.74, 6) is -0.738. The first kappa shape index (κ1) is 18.5. The van der Waals surface area contributed by atoms with Gasteiger partial charge in [0, 0.05) is 35.8 Å². The van der Waals surface area contributed by atoms with Crippen molar-refractivity contribution in [1.29, 1.82) is 5.26 Å². The van der Waals surface area contributed by atoms with Crippen LogP contribution in [0.3, 0.4) is 0 Å². The monoisotopic (exact) mass is 387 g/mol. The third kappa shape index (κ3) is 3.04. The van der Waals surface area contributed by atoms with Gasteiger partial charge in [-0.05, 0) is 42.2 Å². The molecule has 0 bridgehead atoms. The second kappa shape index (κ2) is 6.35. The third-order valence-electron chi connectivity index (χ3n) is 5.36. The lowest BCUT2D eigenvalue weighted by Gasteiger charge is -2.15. The molecule has 0 aliphatic heterocycles. The van der Waals surface area contributed by atoms with Gasteiger partial charge in [0.25, 0.3) is 0 Å². The third-order valence-corrected chi connectivity index (χ3v) is 5.36. The maximum Gasteiger partial charge on any atom is 0.417 e. The normalized spacial score (nSPS) is 15.6. The van der Waals surface area contributed by atoms with Crippen LogP contribution in [0.1, 0.15) is 24.0 Å². The van der Waals surface area contributed by atoms with Crippen LogP contribution < -0.4 is 5.73 Å². The van der Waals surface area contributed by atoms with Crippen molar-refractivity contribution in [2.45, 2.75) is 32.1 Å². The summed E-state index contributed by atoms with van der Waals surface area (Å²) in [4.78, 5) is 0. The Balaban J connectivity index is 1.93. The number of fused-ring (bicyclic) bond motifs is 1. The average Bonchev–Trinajstić information content (AvgIpc) is 3.36. The molecule has 0 unspecified atom stereocenters. The Morgan fingerprint density at radius 1 is 1.14 bits per heavy atom. The van der Waals surface area contributed by atoms with Gasteiger partial charge >= 0.3 is 6.18 Å². The second-order valence-electron chi connectivity index (χ2n) is 7.27. The van der Waals surface area contributed by atoms with Crippen molar-refractivity contribution in [2.75, 3.05) is 0 Å². The lowest BCUT2D eigenvalue weighted by Crippen LogP contribution is -2.09. The highest BCUT2D eigenvalue weighted by atomic mass is 19.4. The number of nitrogens with two attached hydrogens (primary N) is 1. The van der Waals surface area contributed by atoms with Crippen molar-refractivity contribution < 1.29 is 17.6 Å². The van der Waals surface area contributed by atoms with E-state index >= 15 is 0 Å². The molecule has 144 valence electrons. The Kier molecular flexibility index (Phi) is 4.20. The molecule has 3 aromatic rings. The molecule has 1 saturated carbocycles. The summed E-state index contributed by atoms with van der Waals surface area (Å²) >= 11 is 0. The van der Waals surface area contributed by atoms with Gasteiger partial charge in [-0.2, -0.15) is 18.4 Å². The van der Waals surface area contributed by atoms with E-state index in [1.165, 1.54) is 30.3 Å². The van der Waals surface area contributed by atoms with Crippen LogP contribution in [0.4, 0.5) is 17.6 Å². The van der Waals surface area contributed by atoms with Crippen LogP contribution >= 0.6 is 0 Å². The van der Waals surface area contributed by atoms with Crippen molar-refractivity contribution in [3.05, 3.63) is 59.5 Å². The lowest BCUT2D eigenvalue weighted by atomic mass is 9.97. The molecule has 0 radical (unpaired) electrons. The molecule has 1 aromatic heterocycles. The van der Waals surface area contributed by atoms with Gasteiger partial charge in [-0.15, -0.1) is 0 Å². The molecule has 4 rings (SSSR count). The molecule has 0 atom stereocenters. The quantitative estimate of drug-likeness (QED) is 0.624. The first-order valence-electron chi connectivity index (χ1n) is 8.87. The molecule has 1 heterocycles. The van der Waals surface area contributed by atoms with Gasteiger partial charge in [0.15, 0.2) is 0 Å². The Hall–Kier alpha value is -2.85. The average molecular weight is 387 g/mol. The first-order valence-corrected chi connectivity index (χ1v) is 8.87. The number of benzene rings is 2. The number of hydrogen-bond donors (Lipinski definition) is 1. The van der Waals surface area contributed by atoms with Gasteiger partial charge in [-0.1, -0.05) is 18.2 Å². The highest BCUT2D eigenvalue weighted by molar-refractivity contribution is 5.89. The SMILES string of the molecule is N#CC1(Cn2cc(CN)c3cc(F)c(-c4ccccc4C(F)(F)F)cc32)CC1. The van der Waals surface area contributed by atoms with E-state index in [-0.39, 0.29) is 17.7 Å².